The first-order chi connectivity index (χ1) is 15.9. The van der Waals surface area contributed by atoms with Crippen molar-refractivity contribution >= 4 is 43.6 Å². The zero-order valence-corrected chi connectivity index (χ0v) is 17.4. The number of aromatic amines is 1. The molecule has 7 rings (SSSR count). The smallest absolute Gasteiger partial charge is 0.0641 e. The third-order valence-corrected chi connectivity index (χ3v) is 6.52. The molecule has 0 aliphatic rings. The van der Waals surface area contributed by atoms with E-state index in [1.54, 1.807) is 0 Å². The maximum atomic E-state index is 3.66. The van der Waals surface area contributed by atoms with Crippen LogP contribution in [0.5, 0.6) is 0 Å². The first kappa shape index (κ1) is 17.4. The van der Waals surface area contributed by atoms with Crippen LogP contribution >= 0.6 is 0 Å². The largest absolute Gasteiger partial charge is 0.354 e. The molecular weight excluding hydrogens is 388 g/mol. The standard InChI is InChI=1S/C30H20N2/c1-3-9-20(10-4-1)21-15-17-26-25(19-21)29-27(31-26)18-16-24-23-13-7-8-14-28(23)32(30(24)29)22-11-5-2-6-12-22/h1-19,31H. The maximum absolute atomic E-state index is 3.66. The van der Waals surface area contributed by atoms with Crippen molar-refractivity contribution in [3.63, 3.8) is 0 Å². The fourth-order valence-electron chi connectivity index (χ4n) is 5.09. The first-order valence-corrected chi connectivity index (χ1v) is 11.0. The van der Waals surface area contributed by atoms with E-state index >= 15 is 0 Å². The summed E-state index contributed by atoms with van der Waals surface area (Å²) in [6.07, 6.45) is 0. The van der Waals surface area contributed by atoms with Crippen LogP contribution in [0.25, 0.3) is 60.4 Å². The second-order valence-electron chi connectivity index (χ2n) is 8.32. The molecule has 1 N–H and O–H groups in total. The predicted octanol–water partition coefficient (Wildman–Crippen LogP) is 8.09. The number of aromatic nitrogens is 2. The summed E-state index contributed by atoms with van der Waals surface area (Å²) in [5.41, 5.74) is 8.47. The van der Waals surface area contributed by atoms with Gasteiger partial charge in [-0.1, -0.05) is 78.9 Å². The van der Waals surface area contributed by atoms with E-state index in [2.05, 4.69) is 125 Å². The summed E-state index contributed by atoms with van der Waals surface area (Å²) in [6, 6.07) is 41.2. The molecule has 2 heterocycles. The number of hydrogen-bond donors (Lipinski definition) is 1. The summed E-state index contributed by atoms with van der Waals surface area (Å²) in [7, 11) is 0. The molecule has 2 aromatic heterocycles. The Morgan fingerprint density at radius 3 is 2.06 bits per heavy atom. The van der Waals surface area contributed by atoms with Gasteiger partial charge in [0.25, 0.3) is 0 Å². The quantitative estimate of drug-likeness (QED) is 0.298. The summed E-state index contributed by atoms with van der Waals surface area (Å²) in [5.74, 6) is 0. The van der Waals surface area contributed by atoms with Crippen molar-refractivity contribution < 1.29 is 0 Å². The van der Waals surface area contributed by atoms with Gasteiger partial charge in [-0.25, -0.2) is 0 Å². The number of hydrogen-bond acceptors (Lipinski definition) is 0. The Balaban J connectivity index is 1.68. The van der Waals surface area contributed by atoms with Crippen LogP contribution in [0.15, 0.2) is 115 Å². The van der Waals surface area contributed by atoms with Gasteiger partial charge in [-0.15, -0.1) is 0 Å². The second kappa shape index (κ2) is 6.60. The van der Waals surface area contributed by atoms with Gasteiger partial charge >= 0.3 is 0 Å². The molecule has 7 aromatic rings. The van der Waals surface area contributed by atoms with E-state index in [9.17, 15) is 0 Å². The average molecular weight is 409 g/mol. The molecule has 32 heavy (non-hydrogen) atoms. The summed E-state index contributed by atoms with van der Waals surface area (Å²) in [6.45, 7) is 0. The molecule has 0 atom stereocenters. The van der Waals surface area contributed by atoms with Crippen LogP contribution in [-0.2, 0) is 0 Å². The van der Waals surface area contributed by atoms with Crippen LogP contribution in [0.3, 0.4) is 0 Å². The number of H-pyrrole nitrogens is 1. The number of para-hydroxylation sites is 2. The molecular formula is C30H20N2. The van der Waals surface area contributed by atoms with Crippen molar-refractivity contribution in [2.75, 3.05) is 0 Å². The normalized spacial score (nSPS) is 11.8. The highest BCUT2D eigenvalue weighted by molar-refractivity contribution is 6.25. The van der Waals surface area contributed by atoms with Crippen LogP contribution in [0, 0.1) is 0 Å². The summed E-state index contributed by atoms with van der Waals surface area (Å²) < 4.78 is 2.41. The minimum Gasteiger partial charge on any atom is -0.354 e. The van der Waals surface area contributed by atoms with E-state index in [1.807, 2.05) is 0 Å². The molecule has 2 nitrogen and oxygen atoms in total. The van der Waals surface area contributed by atoms with Crippen molar-refractivity contribution in [3.05, 3.63) is 115 Å². The minimum absolute atomic E-state index is 1.16. The van der Waals surface area contributed by atoms with E-state index < -0.39 is 0 Å². The molecule has 0 spiro atoms. The van der Waals surface area contributed by atoms with Gasteiger partial charge < -0.3 is 9.55 Å². The lowest BCUT2D eigenvalue weighted by Crippen LogP contribution is -1.93. The fraction of sp³-hybridized carbons (Fsp3) is 0. The minimum atomic E-state index is 1.16. The third-order valence-electron chi connectivity index (χ3n) is 6.52. The molecule has 0 unspecified atom stereocenters. The van der Waals surface area contributed by atoms with E-state index in [0.717, 1.165) is 11.0 Å². The SMILES string of the molecule is c1ccc(-c2ccc3[nH]c4ccc5c6ccccc6n(-c6ccccc6)c5c4c3c2)cc1. The highest BCUT2D eigenvalue weighted by Gasteiger charge is 2.17. The van der Waals surface area contributed by atoms with Crippen molar-refractivity contribution in [3.8, 4) is 16.8 Å². The maximum Gasteiger partial charge on any atom is 0.0641 e. The van der Waals surface area contributed by atoms with Crippen LogP contribution < -0.4 is 0 Å². The molecule has 150 valence electrons. The van der Waals surface area contributed by atoms with E-state index in [-0.39, 0.29) is 0 Å². The number of fused-ring (bicyclic) bond motifs is 7. The monoisotopic (exact) mass is 408 g/mol. The molecule has 2 heteroatoms. The van der Waals surface area contributed by atoms with Gasteiger partial charge in [0.15, 0.2) is 0 Å². The van der Waals surface area contributed by atoms with Crippen molar-refractivity contribution in [1.29, 1.82) is 0 Å². The predicted molar refractivity (Wildman–Crippen MR) is 136 cm³/mol. The molecule has 0 aliphatic carbocycles. The summed E-state index contributed by atoms with van der Waals surface area (Å²) in [4.78, 5) is 3.66. The summed E-state index contributed by atoms with van der Waals surface area (Å²) in [5, 5.41) is 5.09. The van der Waals surface area contributed by atoms with Gasteiger partial charge in [-0.05, 0) is 47.5 Å². The first-order valence-electron chi connectivity index (χ1n) is 11.0. The van der Waals surface area contributed by atoms with Crippen LogP contribution in [-0.4, -0.2) is 9.55 Å². The molecule has 0 radical (unpaired) electrons. The molecule has 0 amide bonds. The van der Waals surface area contributed by atoms with Gasteiger partial charge in [-0.2, -0.15) is 0 Å². The Morgan fingerprint density at radius 1 is 0.500 bits per heavy atom. The zero-order valence-electron chi connectivity index (χ0n) is 17.4. The number of nitrogens with zero attached hydrogens (tertiary/aromatic N) is 1. The highest BCUT2D eigenvalue weighted by Crippen LogP contribution is 2.40. The van der Waals surface area contributed by atoms with Crippen LogP contribution in [0.4, 0.5) is 0 Å². The van der Waals surface area contributed by atoms with Gasteiger partial charge in [0.05, 0.1) is 11.0 Å². The topological polar surface area (TPSA) is 20.7 Å². The average Bonchev–Trinajstić information content (AvgIpc) is 3.40. The molecule has 0 bridgehead atoms. The lowest BCUT2D eigenvalue weighted by atomic mass is 10.0. The molecule has 5 aromatic carbocycles. The van der Waals surface area contributed by atoms with E-state index in [4.69, 9.17) is 0 Å². The lowest BCUT2D eigenvalue weighted by molar-refractivity contribution is 1.19. The fourth-order valence-corrected chi connectivity index (χ4v) is 5.09. The van der Waals surface area contributed by atoms with Gasteiger partial charge in [-0.3, -0.25) is 0 Å². The van der Waals surface area contributed by atoms with Crippen molar-refractivity contribution in [2.45, 2.75) is 0 Å². The van der Waals surface area contributed by atoms with Gasteiger partial charge in [0.2, 0.25) is 0 Å². The number of nitrogens with one attached hydrogen (secondary N) is 1. The third kappa shape index (κ3) is 2.41. The lowest BCUT2D eigenvalue weighted by Gasteiger charge is -2.09. The Bertz CT molecular complexity index is 1750. The highest BCUT2D eigenvalue weighted by atomic mass is 15.0. The number of rotatable bonds is 2. The number of benzene rings is 5. The van der Waals surface area contributed by atoms with E-state index in [0.29, 0.717) is 0 Å². The Labute approximate surface area is 185 Å². The van der Waals surface area contributed by atoms with Crippen LogP contribution in [0.1, 0.15) is 0 Å². The zero-order chi connectivity index (χ0) is 21.1. The Hall–Kier alpha value is -4.30. The molecule has 0 aliphatic heterocycles. The molecule has 0 saturated heterocycles. The Kier molecular flexibility index (Phi) is 3.58. The molecule has 0 fully saturated rings. The molecule has 0 saturated carbocycles. The summed E-state index contributed by atoms with van der Waals surface area (Å²) >= 11 is 0. The van der Waals surface area contributed by atoms with Crippen LogP contribution in [0.2, 0.25) is 0 Å². The van der Waals surface area contributed by atoms with Gasteiger partial charge in [0, 0.05) is 38.3 Å². The second-order valence-corrected chi connectivity index (χ2v) is 8.32. The van der Waals surface area contributed by atoms with Crippen molar-refractivity contribution in [1.82, 2.24) is 9.55 Å². The van der Waals surface area contributed by atoms with E-state index in [1.165, 1.54) is 49.4 Å². The van der Waals surface area contributed by atoms with Crippen molar-refractivity contribution in [2.24, 2.45) is 0 Å². The van der Waals surface area contributed by atoms with Gasteiger partial charge in [0.1, 0.15) is 0 Å². The Morgan fingerprint density at radius 2 is 1.22 bits per heavy atom.